The second-order valence-electron chi connectivity index (χ2n) is 8.58. The molecule has 0 aromatic rings. The lowest BCUT2D eigenvalue weighted by Gasteiger charge is -2.31. The van der Waals surface area contributed by atoms with Crippen LogP contribution >= 0.6 is 0 Å². The molecule has 0 radical (unpaired) electrons. The minimum absolute atomic E-state index is 0.0379. The van der Waals surface area contributed by atoms with E-state index in [2.05, 4.69) is 6.92 Å². The van der Waals surface area contributed by atoms with Gasteiger partial charge in [0.15, 0.2) is 12.6 Å². The molecule has 5 nitrogen and oxygen atoms in total. The number of hydrogen-bond donors (Lipinski definition) is 1. The predicted octanol–water partition coefficient (Wildman–Crippen LogP) is 5.17. The summed E-state index contributed by atoms with van der Waals surface area (Å²) in [5.74, 6) is -1.11. The van der Waals surface area contributed by atoms with Crippen LogP contribution < -0.4 is 0 Å². The number of rotatable bonds is 18. The van der Waals surface area contributed by atoms with E-state index in [1.54, 1.807) is 0 Å². The molecule has 1 atom stereocenters. The Kier molecular flexibility index (Phi) is 15.3. The smallest absolute Gasteiger partial charge is 0.359 e. The Balaban J connectivity index is 3.82. The van der Waals surface area contributed by atoms with Gasteiger partial charge in [0.2, 0.25) is 0 Å². The lowest BCUT2D eigenvalue weighted by molar-refractivity contribution is -0.886. The van der Waals surface area contributed by atoms with Crippen LogP contribution in [-0.4, -0.2) is 54.8 Å². The summed E-state index contributed by atoms with van der Waals surface area (Å²) >= 11 is 0. The average molecular weight is 387 g/mol. The normalized spacial score (nSPS) is 12.7. The molecule has 27 heavy (non-hydrogen) atoms. The third-order valence-corrected chi connectivity index (χ3v) is 4.97. The van der Waals surface area contributed by atoms with Crippen molar-refractivity contribution in [2.45, 2.75) is 103 Å². The van der Waals surface area contributed by atoms with Crippen molar-refractivity contribution < 1.29 is 23.9 Å². The zero-order valence-corrected chi connectivity index (χ0v) is 18.3. The Labute approximate surface area is 167 Å². The van der Waals surface area contributed by atoms with E-state index < -0.39 is 5.97 Å². The Bertz CT molecular complexity index is 396. The van der Waals surface area contributed by atoms with E-state index in [0.29, 0.717) is 11.0 Å². The maximum absolute atomic E-state index is 11.3. The molecule has 0 aliphatic heterocycles. The molecular formula is C22H44NO4+. The van der Waals surface area contributed by atoms with E-state index in [1.807, 2.05) is 14.1 Å². The Morgan fingerprint density at radius 1 is 0.852 bits per heavy atom. The highest BCUT2D eigenvalue weighted by Crippen LogP contribution is 2.15. The molecule has 0 heterocycles. The Morgan fingerprint density at radius 3 is 1.70 bits per heavy atom. The summed E-state index contributed by atoms with van der Waals surface area (Å²) in [4.78, 5) is 22.3. The molecule has 0 aliphatic rings. The SMILES string of the molecule is CCCCCCCCCCCCCCC(C[N+](C)(C)CC(=O)O)OC(C)=O. The van der Waals surface area contributed by atoms with E-state index in [4.69, 9.17) is 9.84 Å². The molecule has 0 rings (SSSR count). The van der Waals surface area contributed by atoms with E-state index in [9.17, 15) is 9.59 Å². The summed E-state index contributed by atoms with van der Waals surface area (Å²) < 4.78 is 5.75. The summed E-state index contributed by atoms with van der Waals surface area (Å²) in [6, 6.07) is 0. The molecular weight excluding hydrogens is 342 g/mol. The van der Waals surface area contributed by atoms with Gasteiger partial charge in [0, 0.05) is 6.92 Å². The van der Waals surface area contributed by atoms with Crippen LogP contribution in [0.5, 0.6) is 0 Å². The highest BCUT2D eigenvalue weighted by molar-refractivity contribution is 5.68. The second kappa shape index (κ2) is 15.9. The highest BCUT2D eigenvalue weighted by Gasteiger charge is 2.26. The summed E-state index contributed by atoms with van der Waals surface area (Å²) in [5, 5.41) is 9.01. The van der Waals surface area contributed by atoms with Crippen molar-refractivity contribution in [3.63, 3.8) is 0 Å². The number of aliphatic carboxylic acids is 1. The molecule has 0 aromatic heterocycles. The molecule has 0 saturated heterocycles. The third-order valence-electron chi connectivity index (χ3n) is 4.97. The number of quaternary nitrogens is 1. The second-order valence-corrected chi connectivity index (χ2v) is 8.58. The quantitative estimate of drug-likeness (QED) is 0.200. The molecule has 0 aliphatic carbocycles. The maximum atomic E-state index is 11.3. The molecule has 160 valence electrons. The van der Waals surface area contributed by atoms with Gasteiger partial charge in [-0.1, -0.05) is 77.6 Å². The first-order chi connectivity index (χ1) is 12.8. The number of carboxylic acids is 1. The molecule has 0 aromatic carbocycles. The van der Waals surface area contributed by atoms with Gasteiger partial charge in [-0.05, 0) is 12.8 Å². The van der Waals surface area contributed by atoms with Gasteiger partial charge in [-0.15, -0.1) is 0 Å². The van der Waals surface area contributed by atoms with Crippen LogP contribution in [0.4, 0.5) is 0 Å². The first kappa shape index (κ1) is 25.9. The standard InChI is InChI=1S/C22H43NO4/c1-5-6-7-8-9-10-11-12-13-14-15-16-17-21(27-20(2)24)18-23(3,4)19-22(25)26/h21H,5-19H2,1-4H3/p+1. The zero-order valence-electron chi connectivity index (χ0n) is 18.3. The number of carbonyl (C=O) groups is 2. The van der Waals surface area contributed by atoms with Gasteiger partial charge in [-0.2, -0.15) is 0 Å². The van der Waals surface area contributed by atoms with Gasteiger partial charge in [0.05, 0.1) is 14.1 Å². The van der Waals surface area contributed by atoms with Gasteiger partial charge in [0.1, 0.15) is 6.54 Å². The van der Waals surface area contributed by atoms with Gasteiger partial charge < -0.3 is 14.3 Å². The number of hydrogen-bond acceptors (Lipinski definition) is 3. The zero-order chi connectivity index (χ0) is 20.5. The van der Waals surface area contributed by atoms with Crippen LogP contribution in [0, 0.1) is 0 Å². The van der Waals surface area contributed by atoms with Crippen LogP contribution in [0.25, 0.3) is 0 Å². The van der Waals surface area contributed by atoms with Crippen molar-refractivity contribution >= 4 is 11.9 Å². The fourth-order valence-electron chi connectivity index (χ4n) is 3.62. The van der Waals surface area contributed by atoms with Crippen molar-refractivity contribution in [3.8, 4) is 0 Å². The van der Waals surface area contributed by atoms with Crippen LogP contribution in [0.15, 0.2) is 0 Å². The molecule has 0 spiro atoms. The van der Waals surface area contributed by atoms with Crippen molar-refractivity contribution in [1.29, 1.82) is 0 Å². The van der Waals surface area contributed by atoms with E-state index in [0.717, 1.165) is 19.3 Å². The van der Waals surface area contributed by atoms with Gasteiger partial charge in [-0.3, -0.25) is 4.79 Å². The van der Waals surface area contributed by atoms with Gasteiger partial charge in [-0.25, -0.2) is 4.79 Å². The van der Waals surface area contributed by atoms with Gasteiger partial charge >= 0.3 is 11.9 Å². The molecule has 0 saturated carbocycles. The number of carboxylic acid groups (broad SMARTS) is 1. The largest absolute Gasteiger partial charge is 0.477 e. The monoisotopic (exact) mass is 386 g/mol. The summed E-state index contributed by atoms with van der Waals surface area (Å²) in [6.45, 7) is 4.26. The Hall–Kier alpha value is -1.10. The molecule has 0 amide bonds. The van der Waals surface area contributed by atoms with Gasteiger partial charge in [0.25, 0.3) is 0 Å². The topological polar surface area (TPSA) is 63.6 Å². The van der Waals surface area contributed by atoms with E-state index in [1.165, 1.54) is 71.1 Å². The molecule has 5 heteroatoms. The first-order valence-electron chi connectivity index (χ1n) is 11.0. The average Bonchev–Trinajstić information content (AvgIpc) is 2.53. The predicted molar refractivity (Wildman–Crippen MR) is 111 cm³/mol. The molecule has 0 bridgehead atoms. The number of likely N-dealkylation sites (N-methyl/N-ethyl adjacent to an activating group) is 1. The van der Waals surface area contributed by atoms with Crippen LogP contribution in [-0.2, 0) is 14.3 Å². The number of carbonyl (C=O) groups excluding carboxylic acids is 1. The summed E-state index contributed by atoms with van der Waals surface area (Å²) in [6.07, 6.45) is 16.2. The molecule has 1 N–H and O–H groups in total. The Morgan fingerprint density at radius 2 is 1.30 bits per heavy atom. The number of nitrogens with zero attached hydrogens (tertiary/aromatic N) is 1. The minimum Gasteiger partial charge on any atom is -0.477 e. The maximum Gasteiger partial charge on any atom is 0.359 e. The molecule has 1 unspecified atom stereocenters. The van der Waals surface area contributed by atoms with E-state index >= 15 is 0 Å². The number of esters is 1. The van der Waals surface area contributed by atoms with Crippen LogP contribution in [0.3, 0.4) is 0 Å². The van der Waals surface area contributed by atoms with Crippen LogP contribution in [0.2, 0.25) is 0 Å². The minimum atomic E-state index is -0.827. The van der Waals surface area contributed by atoms with Crippen LogP contribution in [0.1, 0.15) is 97.3 Å². The number of unbranched alkanes of at least 4 members (excludes halogenated alkanes) is 11. The third kappa shape index (κ3) is 18.0. The van der Waals surface area contributed by atoms with E-state index in [-0.39, 0.29) is 18.6 Å². The lowest BCUT2D eigenvalue weighted by Crippen LogP contribution is -2.49. The fourth-order valence-corrected chi connectivity index (χ4v) is 3.62. The van der Waals surface area contributed by atoms with Crippen molar-refractivity contribution in [3.05, 3.63) is 0 Å². The summed E-state index contributed by atoms with van der Waals surface area (Å²) in [5.41, 5.74) is 0. The fraction of sp³-hybridized carbons (Fsp3) is 0.909. The van der Waals surface area contributed by atoms with Crippen molar-refractivity contribution in [2.24, 2.45) is 0 Å². The van der Waals surface area contributed by atoms with Crippen molar-refractivity contribution in [1.82, 2.24) is 0 Å². The summed E-state index contributed by atoms with van der Waals surface area (Å²) in [7, 11) is 3.74. The highest BCUT2D eigenvalue weighted by atomic mass is 16.5. The van der Waals surface area contributed by atoms with Crippen molar-refractivity contribution in [2.75, 3.05) is 27.2 Å². The number of ether oxygens (including phenoxy) is 1. The lowest BCUT2D eigenvalue weighted by atomic mass is 10.0. The molecule has 0 fully saturated rings. The first-order valence-corrected chi connectivity index (χ1v) is 11.0.